The van der Waals surface area contributed by atoms with Crippen molar-refractivity contribution < 1.29 is 14.5 Å². The summed E-state index contributed by atoms with van der Waals surface area (Å²) in [5.74, 6) is 0.766. The Kier molecular flexibility index (Phi) is 5.11. The summed E-state index contributed by atoms with van der Waals surface area (Å²) >= 11 is 0. The maximum absolute atomic E-state index is 12.9. The predicted molar refractivity (Wildman–Crippen MR) is 96.9 cm³/mol. The van der Waals surface area contributed by atoms with E-state index < -0.39 is 10.5 Å². The van der Waals surface area contributed by atoms with E-state index in [2.05, 4.69) is 4.99 Å². The van der Waals surface area contributed by atoms with Crippen LogP contribution in [0, 0.1) is 16.0 Å². The first kappa shape index (κ1) is 18.2. The smallest absolute Gasteiger partial charge is 0.273 e. The number of ether oxygens (including phenoxy) is 1. The van der Waals surface area contributed by atoms with Crippen LogP contribution in [0.3, 0.4) is 0 Å². The number of rotatable bonds is 6. The molecule has 3 rings (SSSR count). The van der Waals surface area contributed by atoms with Crippen LogP contribution in [0.1, 0.15) is 38.5 Å². The highest BCUT2D eigenvalue weighted by molar-refractivity contribution is 6.06. The molecule has 140 valence electrons. The van der Waals surface area contributed by atoms with E-state index in [-0.39, 0.29) is 24.2 Å². The fourth-order valence-corrected chi connectivity index (χ4v) is 3.80. The van der Waals surface area contributed by atoms with Crippen molar-refractivity contribution in [3.63, 3.8) is 0 Å². The Morgan fingerprint density at radius 3 is 2.73 bits per heavy atom. The molecule has 8 heteroatoms. The molecule has 1 amide bonds. The third kappa shape index (κ3) is 3.63. The number of nitro benzene ring substituents is 1. The van der Waals surface area contributed by atoms with Gasteiger partial charge in [0, 0.05) is 13.1 Å². The Labute approximate surface area is 152 Å². The highest BCUT2D eigenvalue weighted by atomic mass is 16.6. The van der Waals surface area contributed by atoms with Gasteiger partial charge in [0.25, 0.3) is 11.6 Å². The molecule has 1 aliphatic heterocycles. The van der Waals surface area contributed by atoms with Crippen molar-refractivity contribution in [3.05, 3.63) is 34.4 Å². The number of benzene rings is 1. The number of non-ortho nitro benzene ring substituents is 1. The Balaban J connectivity index is 1.79. The molecule has 2 aliphatic rings. The summed E-state index contributed by atoms with van der Waals surface area (Å²) in [6.45, 7) is 0.0224. The molecule has 0 aromatic heterocycles. The van der Waals surface area contributed by atoms with Gasteiger partial charge in [-0.05, 0) is 18.4 Å². The molecule has 1 aromatic rings. The molecule has 1 unspecified atom stereocenters. The Morgan fingerprint density at radius 2 is 2.12 bits per heavy atom. The molecule has 1 fully saturated rings. The third-order valence-corrected chi connectivity index (χ3v) is 5.23. The molecule has 0 spiro atoms. The maximum atomic E-state index is 12.9. The van der Waals surface area contributed by atoms with Gasteiger partial charge in [-0.3, -0.25) is 19.8 Å². The Morgan fingerprint density at radius 1 is 1.38 bits per heavy atom. The average molecular weight is 360 g/mol. The zero-order valence-electron chi connectivity index (χ0n) is 14.9. The van der Waals surface area contributed by atoms with Crippen LogP contribution in [0.5, 0.6) is 5.75 Å². The summed E-state index contributed by atoms with van der Waals surface area (Å²) in [4.78, 5) is 29.1. The fourth-order valence-electron chi connectivity index (χ4n) is 3.80. The topological polar surface area (TPSA) is 111 Å². The summed E-state index contributed by atoms with van der Waals surface area (Å²) in [5, 5.41) is 10.9. The second kappa shape index (κ2) is 7.31. The molecule has 1 atom stereocenters. The van der Waals surface area contributed by atoms with Crippen LogP contribution in [-0.2, 0) is 4.79 Å². The minimum Gasteiger partial charge on any atom is -0.490 e. The number of hydrogen-bond donors (Lipinski definition) is 1. The molecule has 0 bridgehead atoms. The van der Waals surface area contributed by atoms with Gasteiger partial charge in [0.1, 0.15) is 12.4 Å². The van der Waals surface area contributed by atoms with E-state index in [9.17, 15) is 14.9 Å². The lowest BCUT2D eigenvalue weighted by Gasteiger charge is -2.31. The monoisotopic (exact) mass is 360 g/mol. The average Bonchev–Trinajstić information content (AvgIpc) is 2.85. The molecule has 0 radical (unpaired) electrons. The molecule has 1 aliphatic carbocycles. The van der Waals surface area contributed by atoms with Gasteiger partial charge < -0.3 is 10.5 Å². The molecule has 2 N–H and O–H groups in total. The molecule has 26 heavy (non-hydrogen) atoms. The molecule has 1 aromatic carbocycles. The van der Waals surface area contributed by atoms with E-state index in [1.807, 2.05) is 0 Å². The predicted octanol–water partition coefficient (Wildman–Crippen LogP) is 2.47. The van der Waals surface area contributed by atoms with E-state index in [0.29, 0.717) is 18.1 Å². The number of nitrogens with zero attached hydrogens (tertiary/aromatic N) is 3. The Hall–Kier alpha value is -2.64. The standard InChI is InChI=1S/C18H24N4O4/c1-21-16(23)18(20-17(21)19,11-13-6-3-2-4-7-13)12-26-15-9-5-8-14(10-15)22(24)25/h5,8-10,13H,2-4,6-7,11-12H2,1H3,(H2,19,20). The van der Waals surface area contributed by atoms with Gasteiger partial charge in [0.2, 0.25) is 0 Å². The van der Waals surface area contributed by atoms with E-state index >= 15 is 0 Å². The van der Waals surface area contributed by atoms with Gasteiger partial charge in [-0.1, -0.05) is 38.2 Å². The molecule has 8 nitrogen and oxygen atoms in total. The van der Waals surface area contributed by atoms with Crippen molar-refractivity contribution in [3.8, 4) is 5.75 Å². The van der Waals surface area contributed by atoms with Crippen LogP contribution in [-0.4, -0.2) is 40.9 Å². The van der Waals surface area contributed by atoms with Crippen LogP contribution >= 0.6 is 0 Å². The minimum absolute atomic E-state index is 0.0224. The van der Waals surface area contributed by atoms with Crippen LogP contribution in [0.4, 0.5) is 5.69 Å². The number of carbonyl (C=O) groups excluding carboxylic acids is 1. The minimum atomic E-state index is -1.05. The fraction of sp³-hybridized carbons (Fsp3) is 0.556. The van der Waals surface area contributed by atoms with E-state index in [0.717, 1.165) is 25.7 Å². The molecular weight excluding hydrogens is 336 g/mol. The maximum Gasteiger partial charge on any atom is 0.273 e. The Bertz CT molecular complexity index is 730. The summed E-state index contributed by atoms with van der Waals surface area (Å²) < 4.78 is 5.78. The molecule has 1 saturated carbocycles. The summed E-state index contributed by atoms with van der Waals surface area (Å²) in [6, 6.07) is 5.94. The van der Waals surface area contributed by atoms with Gasteiger partial charge in [0.15, 0.2) is 11.5 Å². The van der Waals surface area contributed by atoms with Crippen LogP contribution in [0.2, 0.25) is 0 Å². The lowest BCUT2D eigenvalue weighted by molar-refractivity contribution is -0.384. The van der Waals surface area contributed by atoms with E-state index in [4.69, 9.17) is 10.5 Å². The molecule has 1 heterocycles. The van der Waals surface area contributed by atoms with Crippen LogP contribution in [0.25, 0.3) is 0 Å². The number of nitrogens with two attached hydrogens (primary N) is 1. The molecular formula is C18H24N4O4. The van der Waals surface area contributed by atoms with Crippen molar-refractivity contribution in [2.24, 2.45) is 16.6 Å². The first-order valence-electron chi connectivity index (χ1n) is 8.92. The second-order valence-electron chi connectivity index (χ2n) is 7.12. The quantitative estimate of drug-likeness (QED) is 0.619. The summed E-state index contributed by atoms with van der Waals surface area (Å²) in [5.41, 5.74) is 4.79. The van der Waals surface area contributed by atoms with Crippen LogP contribution < -0.4 is 10.5 Å². The van der Waals surface area contributed by atoms with Gasteiger partial charge in [-0.2, -0.15) is 0 Å². The zero-order chi connectivity index (χ0) is 18.7. The lowest BCUT2D eigenvalue weighted by atomic mass is 9.79. The number of carbonyl (C=O) groups is 1. The van der Waals surface area contributed by atoms with Crippen molar-refractivity contribution in [1.82, 2.24) is 4.90 Å². The highest BCUT2D eigenvalue weighted by Crippen LogP contribution is 2.36. The second-order valence-corrected chi connectivity index (χ2v) is 7.12. The number of nitro groups is 1. The number of likely N-dealkylation sites (N-methyl/N-ethyl adjacent to an activating group) is 1. The van der Waals surface area contributed by atoms with Gasteiger partial charge in [-0.25, -0.2) is 4.99 Å². The van der Waals surface area contributed by atoms with Gasteiger partial charge in [0.05, 0.1) is 11.0 Å². The number of guanidine groups is 1. The number of aliphatic imine (C=N–C) groups is 1. The third-order valence-electron chi connectivity index (χ3n) is 5.23. The largest absolute Gasteiger partial charge is 0.490 e. The number of amides is 1. The van der Waals surface area contributed by atoms with Crippen molar-refractivity contribution in [2.75, 3.05) is 13.7 Å². The van der Waals surface area contributed by atoms with Crippen molar-refractivity contribution in [2.45, 2.75) is 44.1 Å². The van der Waals surface area contributed by atoms with E-state index in [1.165, 1.54) is 23.5 Å². The molecule has 0 saturated heterocycles. The van der Waals surface area contributed by atoms with Gasteiger partial charge >= 0.3 is 0 Å². The van der Waals surface area contributed by atoms with Gasteiger partial charge in [-0.15, -0.1) is 0 Å². The summed E-state index contributed by atoms with van der Waals surface area (Å²) in [6.07, 6.45) is 6.29. The SMILES string of the molecule is CN1C(=O)C(COc2cccc([N+](=O)[O-])c2)(CC2CCCCC2)N=C1N. The number of hydrogen-bond acceptors (Lipinski definition) is 6. The normalized spacial score (nSPS) is 23.8. The zero-order valence-corrected chi connectivity index (χ0v) is 14.9. The highest BCUT2D eigenvalue weighted by Gasteiger charge is 2.48. The van der Waals surface area contributed by atoms with Crippen molar-refractivity contribution >= 4 is 17.6 Å². The van der Waals surface area contributed by atoms with E-state index in [1.54, 1.807) is 19.2 Å². The van der Waals surface area contributed by atoms with Crippen molar-refractivity contribution in [1.29, 1.82) is 0 Å². The first-order valence-corrected chi connectivity index (χ1v) is 8.92. The first-order chi connectivity index (χ1) is 12.4. The lowest BCUT2D eigenvalue weighted by Crippen LogP contribution is -2.47. The summed E-state index contributed by atoms with van der Waals surface area (Å²) in [7, 11) is 1.61. The van der Waals surface area contributed by atoms with Crippen LogP contribution in [0.15, 0.2) is 29.3 Å².